The van der Waals surface area contributed by atoms with Crippen LogP contribution in [0.25, 0.3) is 11.4 Å². The zero-order valence-corrected chi connectivity index (χ0v) is 24.1. The highest BCUT2D eigenvalue weighted by atomic mass is 16.5. The van der Waals surface area contributed by atoms with Crippen LogP contribution in [0.5, 0.6) is 11.5 Å². The Kier molecular flexibility index (Phi) is 8.05. The van der Waals surface area contributed by atoms with Gasteiger partial charge in [0.15, 0.2) is 5.82 Å². The monoisotopic (exact) mass is 556 g/mol. The van der Waals surface area contributed by atoms with Crippen molar-refractivity contribution in [2.24, 2.45) is 13.0 Å². The van der Waals surface area contributed by atoms with Crippen molar-refractivity contribution in [3.63, 3.8) is 0 Å². The molecule has 9 heteroatoms. The Labute approximate surface area is 241 Å². The van der Waals surface area contributed by atoms with Crippen molar-refractivity contribution >= 4 is 11.8 Å². The Hall–Kier alpha value is -3.72. The predicted octanol–water partition coefficient (Wildman–Crippen LogP) is 4.78. The smallest absolute Gasteiger partial charge is 0.251 e. The number of amides is 2. The molecule has 3 aliphatic rings. The number of carbonyl (C=O) groups excluding carboxylic acids is 2. The van der Waals surface area contributed by atoms with E-state index in [-0.39, 0.29) is 17.9 Å². The van der Waals surface area contributed by atoms with E-state index in [1.54, 1.807) is 11.0 Å². The van der Waals surface area contributed by atoms with Gasteiger partial charge in [0.1, 0.15) is 17.8 Å². The number of hydrogen-bond donors (Lipinski definition) is 1. The van der Waals surface area contributed by atoms with E-state index in [1.807, 2.05) is 54.4 Å². The topological polar surface area (TPSA) is 92.6 Å². The number of carbonyl (C=O) groups is 2. The lowest BCUT2D eigenvalue weighted by atomic mass is 10.0. The Balaban J connectivity index is 1.17. The van der Waals surface area contributed by atoms with Crippen molar-refractivity contribution < 1.29 is 14.3 Å². The van der Waals surface area contributed by atoms with Crippen molar-refractivity contribution in [1.29, 1.82) is 0 Å². The predicted molar refractivity (Wildman–Crippen MR) is 156 cm³/mol. The van der Waals surface area contributed by atoms with Crippen LogP contribution in [0.3, 0.4) is 0 Å². The minimum Gasteiger partial charge on any atom is -0.457 e. The summed E-state index contributed by atoms with van der Waals surface area (Å²) < 4.78 is 8.03. The number of ether oxygens (including phenoxy) is 1. The number of hydrogen-bond acceptors (Lipinski definition) is 6. The SMILES string of the molecule is CC1CC(=O)N(Cc2ccc(C(=O)NC3CCN(C4CCCC4)CC3)cc2Oc2ccc(-c3ncn(C)n3)cc2)C1. The van der Waals surface area contributed by atoms with Gasteiger partial charge >= 0.3 is 0 Å². The van der Waals surface area contributed by atoms with E-state index in [0.29, 0.717) is 41.8 Å². The van der Waals surface area contributed by atoms with Crippen LogP contribution in [0.15, 0.2) is 48.8 Å². The fraction of sp³-hybridized carbons (Fsp3) is 0.500. The van der Waals surface area contributed by atoms with Crippen LogP contribution in [0.1, 0.15) is 67.8 Å². The van der Waals surface area contributed by atoms with E-state index in [2.05, 4.69) is 27.2 Å². The molecular weight excluding hydrogens is 516 g/mol. The van der Waals surface area contributed by atoms with Crippen molar-refractivity contribution in [3.8, 4) is 22.9 Å². The molecular formula is C32H40N6O3. The molecule has 1 aromatic heterocycles. The molecule has 0 spiro atoms. The first-order valence-electron chi connectivity index (χ1n) is 15.0. The van der Waals surface area contributed by atoms with Gasteiger partial charge in [-0.05, 0) is 68.0 Å². The van der Waals surface area contributed by atoms with Gasteiger partial charge in [-0.3, -0.25) is 14.3 Å². The highest BCUT2D eigenvalue weighted by molar-refractivity contribution is 5.95. The molecule has 1 atom stereocenters. The molecule has 1 aliphatic carbocycles. The summed E-state index contributed by atoms with van der Waals surface area (Å²) in [6.45, 7) is 5.38. The third kappa shape index (κ3) is 6.45. The second-order valence-corrected chi connectivity index (χ2v) is 12.0. The molecule has 1 unspecified atom stereocenters. The maximum atomic E-state index is 13.3. The third-order valence-electron chi connectivity index (χ3n) is 8.74. The van der Waals surface area contributed by atoms with Gasteiger partial charge in [0.05, 0.1) is 0 Å². The maximum absolute atomic E-state index is 13.3. The summed E-state index contributed by atoms with van der Waals surface area (Å²) in [5.41, 5.74) is 2.34. The van der Waals surface area contributed by atoms with Crippen LogP contribution < -0.4 is 10.1 Å². The number of aryl methyl sites for hydroxylation is 1. The highest BCUT2D eigenvalue weighted by Crippen LogP contribution is 2.31. The number of piperidine rings is 1. The first-order chi connectivity index (χ1) is 19.9. The van der Waals surface area contributed by atoms with Crippen LogP contribution in [0.4, 0.5) is 0 Å². The van der Waals surface area contributed by atoms with E-state index >= 15 is 0 Å². The molecule has 6 rings (SSSR count). The molecule has 2 aromatic carbocycles. The molecule has 9 nitrogen and oxygen atoms in total. The number of benzene rings is 2. The Morgan fingerprint density at radius 2 is 1.80 bits per heavy atom. The number of likely N-dealkylation sites (tertiary alicyclic amines) is 2. The zero-order chi connectivity index (χ0) is 28.3. The van der Waals surface area contributed by atoms with Crippen LogP contribution >= 0.6 is 0 Å². The fourth-order valence-electron chi connectivity index (χ4n) is 6.47. The lowest BCUT2D eigenvalue weighted by Gasteiger charge is -2.36. The Morgan fingerprint density at radius 3 is 2.46 bits per heavy atom. The van der Waals surface area contributed by atoms with Crippen LogP contribution in [-0.4, -0.2) is 68.1 Å². The summed E-state index contributed by atoms with van der Waals surface area (Å²) in [6.07, 6.45) is 9.53. The first kappa shape index (κ1) is 27.4. The number of aromatic nitrogens is 3. The minimum atomic E-state index is -0.0804. The molecule has 3 aromatic rings. The molecule has 0 bridgehead atoms. The Bertz CT molecular complexity index is 1370. The molecule has 1 saturated carbocycles. The summed E-state index contributed by atoms with van der Waals surface area (Å²) in [5, 5.41) is 7.63. The summed E-state index contributed by atoms with van der Waals surface area (Å²) in [7, 11) is 1.84. The largest absolute Gasteiger partial charge is 0.457 e. The third-order valence-corrected chi connectivity index (χ3v) is 8.74. The van der Waals surface area contributed by atoms with Crippen LogP contribution in [-0.2, 0) is 18.4 Å². The van der Waals surface area contributed by atoms with Gasteiger partial charge in [0, 0.05) is 68.4 Å². The summed E-state index contributed by atoms with van der Waals surface area (Å²) in [6, 6.07) is 14.1. The van der Waals surface area contributed by atoms with Gasteiger partial charge in [0.25, 0.3) is 5.91 Å². The van der Waals surface area contributed by atoms with Gasteiger partial charge < -0.3 is 19.9 Å². The molecule has 2 saturated heterocycles. The number of rotatable bonds is 8. The van der Waals surface area contributed by atoms with E-state index in [0.717, 1.165) is 49.6 Å². The maximum Gasteiger partial charge on any atom is 0.251 e. The van der Waals surface area contributed by atoms with Gasteiger partial charge in [-0.1, -0.05) is 25.8 Å². The van der Waals surface area contributed by atoms with Gasteiger partial charge in [-0.15, -0.1) is 0 Å². The zero-order valence-electron chi connectivity index (χ0n) is 24.1. The van der Waals surface area contributed by atoms with Crippen molar-refractivity contribution in [2.45, 2.75) is 70.5 Å². The molecule has 3 fully saturated rings. The number of nitrogens with one attached hydrogen (secondary N) is 1. The lowest BCUT2D eigenvalue weighted by Crippen LogP contribution is -2.47. The second-order valence-electron chi connectivity index (χ2n) is 12.0. The van der Waals surface area contributed by atoms with E-state index in [4.69, 9.17) is 4.74 Å². The summed E-state index contributed by atoms with van der Waals surface area (Å²) >= 11 is 0. The van der Waals surface area contributed by atoms with E-state index in [9.17, 15) is 9.59 Å². The highest BCUT2D eigenvalue weighted by Gasteiger charge is 2.29. The molecule has 1 N–H and O–H groups in total. The van der Waals surface area contributed by atoms with E-state index in [1.165, 1.54) is 25.7 Å². The number of nitrogens with zero attached hydrogens (tertiary/aromatic N) is 5. The minimum absolute atomic E-state index is 0.0804. The molecule has 216 valence electrons. The average Bonchev–Trinajstić information content (AvgIpc) is 3.73. The van der Waals surface area contributed by atoms with Gasteiger partial charge in [-0.2, -0.15) is 5.10 Å². The molecule has 2 amide bonds. The van der Waals surface area contributed by atoms with Crippen LogP contribution in [0.2, 0.25) is 0 Å². The van der Waals surface area contributed by atoms with Gasteiger partial charge in [0.2, 0.25) is 5.91 Å². The normalized spacial score (nSPS) is 20.6. The average molecular weight is 557 g/mol. The lowest BCUT2D eigenvalue weighted by molar-refractivity contribution is -0.128. The van der Waals surface area contributed by atoms with Crippen molar-refractivity contribution in [2.75, 3.05) is 19.6 Å². The standard InChI is InChI=1S/C32H40N6O3/c1-22-17-30(39)38(19-22)20-25-8-7-24(32(40)34-26-13-15-37(16-14-26)27-5-3-4-6-27)18-29(25)41-28-11-9-23(10-12-28)31-33-21-36(2)35-31/h7-12,18,21-22,26-27H,3-6,13-17,19-20H2,1-2H3,(H,34,40). The molecule has 2 aliphatic heterocycles. The van der Waals surface area contributed by atoms with Gasteiger partial charge in [-0.25, -0.2) is 4.98 Å². The summed E-state index contributed by atoms with van der Waals surface area (Å²) in [5.74, 6) is 2.29. The molecule has 0 radical (unpaired) electrons. The fourth-order valence-corrected chi connectivity index (χ4v) is 6.47. The van der Waals surface area contributed by atoms with Crippen molar-refractivity contribution in [3.05, 3.63) is 59.9 Å². The van der Waals surface area contributed by atoms with E-state index < -0.39 is 0 Å². The van der Waals surface area contributed by atoms with Crippen LogP contribution in [0, 0.1) is 5.92 Å². The van der Waals surface area contributed by atoms with Crippen molar-refractivity contribution in [1.82, 2.24) is 29.9 Å². The first-order valence-corrected chi connectivity index (χ1v) is 15.0. The molecule has 41 heavy (non-hydrogen) atoms. The summed E-state index contributed by atoms with van der Waals surface area (Å²) in [4.78, 5) is 34.7. The quantitative estimate of drug-likeness (QED) is 0.429. The second kappa shape index (κ2) is 12.0. The Morgan fingerprint density at radius 1 is 1.05 bits per heavy atom. The molecule has 3 heterocycles.